The monoisotopic (exact) mass is 546 g/mol. The molecule has 5 N–H and O–H groups in total. The number of hydrogen-bond acceptors (Lipinski definition) is 8. The fourth-order valence-electron chi connectivity index (χ4n) is 4.95. The fraction of sp³-hybridized carbons (Fsp3) is 0.276. The molecule has 9 nitrogen and oxygen atoms in total. The molecular weight excluding hydrogens is 516 g/mol. The fourth-order valence-corrected chi connectivity index (χ4v) is 5.14. The zero-order chi connectivity index (χ0) is 27.2. The first kappa shape index (κ1) is 26.7. The maximum Gasteiger partial charge on any atom is 0.323 e. The molecular formula is C29H31ClN6O3. The number of rotatable bonds is 10. The molecule has 0 saturated heterocycles. The molecule has 1 saturated carbocycles. The lowest BCUT2D eigenvalue weighted by Gasteiger charge is -2.25. The molecule has 1 aliphatic carbocycles. The van der Waals surface area contributed by atoms with Gasteiger partial charge >= 0.3 is 5.97 Å². The number of carbonyl (C=O) groups excluding carboxylic acids is 2. The summed E-state index contributed by atoms with van der Waals surface area (Å²) in [5, 5.41) is 10.9. The summed E-state index contributed by atoms with van der Waals surface area (Å²) in [5.74, 6) is -0.554. The SMILES string of the molecule is CCOC(=O)[C@H](CCc1ccccc1)NC1(C(=O)NC2=NNNN2)C[C@H]1c1ccc(-c2cccc(Cl)c2)cc1. The predicted octanol–water partition coefficient (Wildman–Crippen LogP) is 3.39. The number of guanidine groups is 1. The number of nitrogens with one attached hydrogen (secondary N) is 5. The number of hydrazone groups is 1. The molecule has 1 heterocycles. The minimum absolute atomic E-state index is 0.150. The molecule has 0 spiro atoms. The smallest absolute Gasteiger partial charge is 0.323 e. The van der Waals surface area contributed by atoms with Gasteiger partial charge in [-0.05, 0) is 60.6 Å². The Morgan fingerprint density at radius 2 is 1.87 bits per heavy atom. The normalized spacial score (nSPS) is 20.3. The zero-order valence-electron chi connectivity index (χ0n) is 21.5. The highest BCUT2D eigenvalue weighted by Crippen LogP contribution is 2.52. The van der Waals surface area contributed by atoms with Crippen molar-refractivity contribution in [3.8, 4) is 11.1 Å². The summed E-state index contributed by atoms with van der Waals surface area (Å²) in [6.07, 6.45) is 1.67. The van der Waals surface area contributed by atoms with Crippen LogP contribution in [0.4, 0.5) is 0 Å². The molecule has 3 aromatic carbocycles. The number of amides is 1. The number of halogens is 1. The Morgan fingerprint density at radius 1 is 1.08 bits per heavy atom. The highest BCUT2D eigenvalue weighted by molar-refractivity contribution is 6.30. The van der Waals surface area contributed by atoms with Crippen LogP contribution in [0.2, 0.25) is 5.02 Å². The van der Waals surface area contributed by atoms with Crippen LogP contribution >= 0.6 is 11.6 Å². The Morgan fingerprint density at radius 3 is 2.56 bits per heavy atom. The van der Waals surface area contributed by atoms with E-state index in [1.165, 1.54) is 0 Å². The van der Waals surface area contributed by atoms with E-state index in [9.17, 15) is 9.59 Å². The van der Waals surface area contributed by atoms with Crippen molar-refractivity contribution < 1.29 is 14.3 Å². The van der Waals surface area contributed by atoms with Crippen LogP contribution in [-0.4, -0.2) is 36.0 Å². The third kappa shape index (κ3) is 6.22. The summed E-state index contributed by atoms with van der Waals surface area (Å²) in [5.41, 5.74) is 11.0. The average molecular weight is 547 g/mol. The molecule has 2 aliphatic rings. The van der Waals surface area contributed by atoms with Crippen LogP contribution < -0.4 is 27.1 Å². The molecule has 202 valence electrons. The van der Waals surface area contributed by atoms with Crippen LogP contribution in [0.15, 0.2) is 84.0 Å². The van der Waals surface area contributed by atoms with E-state index in [2.05, 4.69) is 32.2 Å². The lowest BCUT2D eigenvalue weighted by atomic mass is 9.99. The van der Waals surface area contributed by atoms with E-state index in [0.29, 0.717) is 24.3 Å². The highest BCUT2D eigenvalue weighted by atomic mass is 35.5. The average Bonchev–Trinajstić information content (AvgIpc) is 3.46. The number of nitrogens with zero attached hydrogens (tertiary/aromatic N) is 1. The molecule has 1 aliphatic heterocycles. The van der Waals surface area contributed by atoms with Gasteiger partial charge in [-0.25, -0.2) is 5.53 Å². The van der Waals surface area contributed by atoms with Crippen LogP contribution in [0.25, 0.3) is 11.1 Å². The van der Waals surface area contributed by atoms with Gasteiger partial charge in [0.25, 0.3) is 0 Å². The van der Waals surface area contributed by atoms with Crippen LogP contribution in [-0.2, 0) is 20.7 Å². The zero-order valence-corrected chi connectivity index (χ0v) is 22.3. The molecule has 3 aromatic rings. The second kappa shape index (κ2) is 11.9. The largest absolute Gasteiger partial charge is 0.465 e. The summed E-state index contributed by atoms with van der Waals surface area (Å²) in [4.78, 5) is 26.7. The van der Waals surface area contributed by atoms with E-state index in [1.54, 1.807) is 6.92 Å². The number of aryl methyl sites for hydroxylation is 1. The lowest BCUT2D eigenvalue weighted by molar-refractivity contribution is -0.146. The third-order valence-electron chi connectivity index (χ3n) is 7.04. The summed E-state index contributed by atoms with van der Waals surface area (Å²) in [7, 11) is 0. The van der Waals surface area contributed by atoms with Crippen LogP contribution in [0.3, 0.4) is 0 Å². The van der Waals surface area contributed by atoms with Crippen molar-refractivity contribution in [1.82, 2.24) is 27.1 Å². The van der Waals surface area contributed by atoms with Crippen molar-refractivity contribution in [2.45, 2.75) is 43.7 Å². The van der Waals surface area contributed by atoms with E-state index in [1.807, 2.05) is 78.9 Å². The molecule has 5 rings (SSSR count). The van der Waals surface area contributed by atoms with Gasteiger partial charge in [0.1, 0.15) is 11.6 Å². The number of hydrazine groups is 2. The number of carbonyl (C=O) groups is 2. The van der Waals surface area contributed by atoms with Gasteiger partial charge in [0, 0.05) is 10.9 Å². The second-order valence-electron chi connectivity index (χ2n) is 9.61. The van der Waals surface area contributed by atoms with Gasteiger partial charge in [-0.15, -0.1) is 10.6 Å². The maximum atomic E-state index is 13.7. The Labute approximate surface area is 232 Å². The number of ether oxygens (including phenoxy) is 1. The van der Waals surface area contributed by atoms with Crippen LogP contribution in [0.1, 0.15) is 36.8 Å². The summed E-state index contributed by atoms with van der Waals surface area (Å²) in [6, 6.07) is 25.1. The summed E-state index contributed by atoms with van der Waals surface area (Å²) < 4.78 is 5.39. The first-order chi connectivity index (χ1) is 19.0. The van der Waals surface area contributed by atoms with E-state index in [-0.39, 0.29) is 30.4 Å². The van der Waals surface area contributed by atoms with Crippen LogP contribution in [0, 0.1) is 0 Å². The van der Waals surface area contributed by atoms with Crippen molar-refractivity contribution in [3.05, 3.63) is 95.0 Å². The van der Waals surface area contributed by atoms with E-state index >= 15 is 0 Å². The Balaban J connectivity index is 1.39. The molecule has 1 fully saturated rings. The van der Waals surface area contributed by atoms with E-state index < -0.39 is 11.6 Å². The summed E-state index contributed by atoms with van der Waals surface area (Å²) >= 11 is 6.18. The van der Waals surface area contributed by atoms with Crippen molar-refractivity contribution in [2.75, 3.05) is 6.61 Å². The first-order valence-corrected chi connectivity index (χ1v) is 13.4. The van der Waals surface area contributed by atoms with Crippen molar-refractivity contribution in [3.63, 3.8) is 0 Å². The molecule has 39 heavy (non-hydrogen) atoms. The lowest BCUT2D eigenvalue weighted by Crippen LogP contribution is -2.57. The quantitative estimate of drug-likeness (QED) is 0.248. The van der Waals surface area contributed by atoms with E-state index in [4.69, 9.17) is 16.3 Å². The highest BCUT2D eigenvalue weighted by Gasteiger charge is 2.62. The van der Waals surface area contributed by atoms with E-state index in [0.717, 1.165) is 22.3 Å². The molecule has 0 bridgehead atoms. The topological polar surface area (TPSA) is 116 Å². The van der Waals surface area contributed by atoms with Crippen molar-refractivity contribution in [2.24, 2.45) is 5.10 Å². The predicted molar refractivity (Wildman–Crippen MR) is 150 cm³/mol. The van der Waals surface area contributed by atoms with Crippen molar-refractivity contribution >= 4 is 29.4 Å². The maximum absolute atomic E-state index is 13.7. The van der Waals surface area contributed by atoms with Gasteiger partial charge in [-0.3, -0.25) is 25.6 Å². The number of hydrogen-bond donors (Lipinski definition) is 5. The third-order valence-corrected chi connectivity index (χ3v) is 7.28. The standard InChI is InChI=1S/C29H31ClN6O3/c1-2-39-26(37)25(16-11-19-7-4-3-5-8-19)32-29(27(38)31-28-33-35-36-34-28)18-24(29)21-14-12-20(13-15-21)22-9-6-10-23(30)17-22/h3-10,12-15,17,24-25,32,35-36H,2,11,16,18H2,1H3,(H2,31,33,34,38)/t24-,25-,29?/m0/s1. The van der Waals surface area contributed by atoms with Gasteiger partial charge in [-0.1, -0.05) is 78.3 Å². The Bertz CT molecular complexity index is 1350. The molecule has 10 heteroatoms. The molecule has 1 unspecified atom stereocenters. The van der Waals surface area contributed by atoms with Gasteiger partial charge in [0.05, 0.1) is 6.61 Å². The van der Waals surface area contributed by atoms with Crippen molar-refractivity contribution in [1.29, 1.82) is 0 Å². The van der Waals surface area contributed by atoms with Gasteiger partial charge in [-0.2, -0.15) is 0 Å². The second-order valence-corrected chi connectivity index (χ2v) is 10.0. The van der Waals surface area contributed by atoms with Gasteiger partial charge in [0.2, 0.25) is 11.9 Å². The summed E-state index contributed by atoms with van der Waals surface area (Å²) in [6.45, 7) is 2.04. The number of esters is 1. The first-order valence-electron chi connectivity index (χ1n) is 13.0. The molecule has 0 radical (unpaired) electrons. The van der Waals surface area contributed by atoms with Gasteiger partial charge < -0.3 is 4.74 Å². The Kier molecular flexibility index (Phi) is 8.11. The molecule has 3 atom stereocenters. The van der Waals surface area contributed by atoms with Gasteiger partial charge in [0.15, 0.2) is 0 Å². The number of benzene rings is 3. The minimum Gasteiger partial charge on any atom is -0.465 e. The molecule has 1 amide bonds. The van der Waals surface area contributed by atoms with Crippen LogP contribution in [0.5, 0.6) is 0 Å². The Hall–Kier alpha value is -3.92. The molecule has 0 aromatic heterocycles. The minimum atomic E-state index is -1.02.